The number of allylic oxidation sites excluding steroid dienone is 2. The van der Waals surface area contributed by atoms with Crippen molar-refractivity contribution >= 4 is 11.4 Å². The Kier molecular flexibility index (Phi) is 19.8. The molecule has 0 N–H and O–H groups in total. The van der Waals surface area contributed by atoms with Gasteiger partial charge in [0.15, 0.2) is 0 Å². The van der Waals surface area contributed by atoms with Gasteiger partial charge in [-0.05, 0) is 73.9 Å². The fourth-order valence-electron chi connectivity index (χ4n) is 5.16. The molecule has 2 aromatic rings. The zero-order valence-electron chi connectivity index (χ0n) is 25.5. The van der Waals surface area contributed by atoms with Gasteiger partial charge in [0.05, 0.1) is 0 Å². The van der Waals surface area contributed by atoms with Gasteiger partial charge in [0, 0.05) is 22.8 Å². The van der Waals surface area contributed by atoms with Crippen LogP contribution in [0.3, 0.4) is 0 Å². The summed E-state index contributed by atoms with van der Waals surface area (Å²) in [6.45, 7) is 6.76. The Morgan fingerprint density at radius 3 is 1.54 bits per heavy atom. The Bertz CT molecular complexity index is 999. The van der Waals surface area contributed by atoms with Crippen LogP contribution in [0.25, 0.3) is 16.9 Å². The maximum atomic E-state index is 11.4. The molecule has 0 saturated carbocycles. The standard InChI is InChI=1S/C34H48N2.2CH3.Ni/c1-4-7-10-12-13-15-18-32-27-33(30-23-19-29(20-24-30)17-14-11-8-5-2)36(35)34(32)31-25-21-28(22-26-31)16-9-6-3;;;/h19-27H,4-18H2,1-3H3;2*1H3;/q;2*-1;+2. The van der Waals surface area contributed by atoms with Crippen LogP contribution >= 0.6 is 0 Å². The third kappa shape index (κ3) is 11.6. The molecule has 0 amide bonds. The van der Waals surface area contributed by atoms with Crippen molar-refractivity contribution in [3.63, 3.8) is 0 Å². The molecule has 1 heterocycles. The minimum Gasteiger partial charge on any atom is -0.493 e. The van der Waals surface area contributed by atoms with Gasteiger partial charge in [0.1, 0.15) is 0 Å². The average Bonchev–Trinajstić information content (AvgIpc) is 3.23. The van der Waals surface area contributed by atoms with Crippen molar-refractivity contribution in [1.29, 1.82) is 0 Å². The first kappa shape index (κ1) is 37.0. The van der Waals surface area contributed by atoms with Gasteiger partial charge in [0.2, 0.25) is 11.4 Å². The number of rotatable bonds is 17. The second-order valence-corrected chi connectivity index (χ2v) is 10.5. The first-order valence-electron chi connectivity index (χ1n) is 14.8. The number of nitrogens with zero attached hydrogens (tertiary/aromatic N) is 2. The number of hydrogen-bond donors (Lipinski definition) is 0. The number of aryl methyl sites for hydroxylation is 2. The molecule has 1 aliphatic heterocycles. The van der Waals surface area contributed by atoms with Crippen LogP contribution in [0.4, 0.5) is 0 Å². The Labute approximate surface area is 251 Å². The molecular formula is C36H54N2Ni. The second-order valence-electron chi connectivity index (χ2n) is 10.5. The van der Waals surface area contributed by atoms with Crippen LogP contribution in [0.5, 0.6) is 0 Å². The summed E-state index contributed by atoms with van der Waals surface area (Å²) in [4.78, 5) is 0. The van der Waals surface area contributed by atoms with Crippen LogP contribution in [-0.2, 0) is 29.3 Å². The summed E-state index contributed by atoms with van der Waals surface area (Å²) in [6.07, 6.45) is 20.8. The topological polar surface area (TPSA) is 25.3 Å². The van der Waals surface area contributed by atoms with E-state index >= 15 is 0 Å². The fourth-order valence-corrected chi connectivity index (χ4v) is 5.16. The summed E-state index contributed by atoms with van der Waals surface area (Å²) in [5.41, 5.74) is 19.5. The van der Waals surface area contributed by atoms with Crippen molar-refractivity contribution < 1.29 is 21.2 Å². The summed E-state index contributed by atoms with van der Waals surface area (Å²) in [7, 11) is 0. The smallest absolute Gasteiger partial charge is 0.493 e. The van der Waals surface area contributed by atoms with Crippen molar-refractivity contribution in [3.05, 3.63) is 103 Å². The van der Waals surface area contributed by atoms with Crippen LogP contribution in [0.15, 0.2) is 60.2 Å². The molecule has 0 fully saturated rings. The predicted octanol–water partition coefficient (Wildman–Crippen LogP) is 11.6. The molecule has 0 spiro atoms. The Morgan fingerprint density at radius 1 is 0.538 bits per heavy atom. The Balaban J connectivity index is 0.00000481. The summed E-state index contributed by atoms with van der Waals surface area (Å²) in [6, 6.07) is 17.7. The molecule has 0 atom stereocenters. The van der Waals surface area contributed by atoms with E-state index in [0.717, 1.165) is 41.8 Å². The molecular weight excluding hydrogens is 519 g/mol. The number of hydrogen-bond acceptors (Lipinski definition) is 0. The molecule has 0 saturated heterocycles. The van der Waals surface area contributed by atoms with Gasteiger partial charge in [-0.1, -0.05) is 103 Å². The minimum absolute atomic E-state index is 0. The van der Waals surface area contributed by atoms with Crippen LogP contribution in [0.1, 0.15) is 126 Å². The van der Waals surface area contributed by atoms with Crippen molar-refractivity contribution in [1.82, 2.24) is 0 Å². The molecule has 218 valence electrons. The normalized spacial score (nSPS) is 12.5. The molecule has 2 aromatic carbocycles. The third-order valence-electron chi connectivity index (χ3n) is 7.47. The van der Waals surface area contributed by atoms with Gasteiger partial charge < -0.3 is 20.4 Å². The van der Waals surface area contributed by atoms with Crippen LogP contribution in [0, 0.1) is 14.9 Å². The maximum Gasteiger partial charge on any atom is 2.00 e. The minimum atomic E-state index is 0. The third-order valence-corrected chi connectivity index (χ3v) is 7.47. The van der Waals surface area contributed by atoms with Crippen molar-refractivity contribution in [2.75, 3.05) is 0 Å². The van der Waals surface area contributed by atoms with Gasteiger partial charge in [-0.2, -0.15) is 0 Å². The Hall–Kier alpha value is -1.99. The molecule has 39 heavy (non-hydrogen) atoms. The van der Waals surface area contributed by atoms with E-state index < -0.39 is 0 Å². The molecule has 0 bridgehead atoms. The molecule has 0 aromatic heterocycles. The van der Waals surface area contributed by atoms with E-state index in [2.05, 4.69) is 75.4 Å². The van der Waals surface area contributed by atoms with E-state index in [4.69, 9.17) is 0 Å². The van der Waals surface area contributed by atoms with Gasteiger partial charge in [0.25, 0.3) is 0 Å². The molecule has 0 aliphatic carbocycles. The first-order valence-corrected chi connectivity index (χ1v) is 14.8. The first-order chi connectivity index (χ1) is 17.7. The van der Waals surface area contributed by atoms with E-state index in [1.807, 2.05) is 0 Å². The summed E-state index contributed by atoms with van der Waals surface area (Å²) in [5, 5.41) is 0. The van der Waals surface area contributed by atoms with Crippen molar-refractivity contribution in [2.45, 2.75) is 117 Å². The molecule has 3 heteroatoms. The summed E-state index contributed by atoms with van der Waals surface area (Å²) >= 11 is 0. The van der Waals surface area contributed by atoms with Crippen molar-refractivity contribution in [3.8, 4) is 0 Å². The van der Waals surface area contributed by atoms with Gasteiger partial charge in [-0.3, -0.25) is 0 Å². The van der Waals surface area contributed by atoms with E-state index in [0.29, 0.717) is 0 Å². The summed E-state index contributed by atoms with van der Waals surface area (Å²) in [5.74, 6) is 0. The average molecular weight is 574 g/mol. The van der Waals surface area contributed by atoms with Crippen LogP contribution in [0.2, 0.25) is 0 Å². The summed E-state index contributed by atoms with van der Waals surface area (Å²) < 4.78 is 1.45. The number of benzene rings is 2. The molecule has 0 radical (unpaired) electrons. The van der Waals surface area contributed by atoms with E-state index in [1.165, 1.54) is 98.4 Å². The quantitative estimate of drug-likeness (QED) is 0.0779. The van der Waals surface area contributed by atoms with Crippen molar-refractivity contribution in [2.24, 2.45) is 0 Å². The largest absolute Gasteiger partial charge is 2.00 e. The van der Waals surface area contributed by atoms with E-state index in [9.17, 15) is 5.53 Å². The van der Waals surface area contributed by atoms with Gasteiger partial charge in [-0.25, -0.2) is 4.70 Å². The Morgan fingerprint density at radius 2 is 0.974 bits per heavy atom. The number of unbranched alkanes of at least 4 members (excludes halogenated alkanes) is 9. The van der Waals surface area contributed by atoms with Gasteiger partial charge >= 0.3 is 16.5 Å². The molecule has 0 unspecified atom stereocenters. The molecule has 3 rings (SSSR count). The second kappa shape index (κ2) is 20.9. The van der Waals surface area contributed by atoms with E-state index in [-0.39, 0.29) is 31.3 Å². The molecule has 2 nitrogen and oxygen atoms in total. The molecule has 1 aliphatic rings. The zero-order valence-corrected chi connectivity index (χ0v) is 26.5. The maximum absolute atomic E-state index is 11.4. The monoisotopic (exact) mass is 572 g/mol. The predicted molar refractivity (Wildman–Crippen MR) is 169 cm³/mol. The van der Waals surface area contributed by atoms with Crippen LogP contribution in [-0.4, -0.2) is 4.70 Å². The fraction of sp³-hybridized carbons (Fsp3) is 0.500. The van der Waals surface area contributed by atoms with Gasteiger partial charge in [-0.15, -0.1) is 0 Å². The van der Waals surface area contributed by atoms with Crippen LogP contribution < -0.4 is 0 Å². The zero-order chi connectivity index (χ0) is 25.6. The van der Waals surface area contributed by atoms with E-state index in [1.54, 1.807) is 0 Å². The SMILES string of the molecule is CCCCCCCCC1=C(c2ccc(CCCC)cc2)[N+](=[N-])C(c2ccc(CCCCCC)cc2)=C1.[CH3-].[CH3-].[Ni+2].